The van der Waals surface area contributed by atoms with Crippen LogP contribution in [0.5, 0.6) is 5.75 Å². The second-order valence-corrected chi connectivity index (χ2v) is 8.33. The van der Waals surface area contributed by atoms with Crippen LogP contribution in [0.1, 0.15) is 25.0 Å². The Labute approximate surface area is 204 Å². The lowest BCUT2D eigenvalue weighted by molar-refractivity contribution is -0.128. The summed E-state index contributed by atoms with van der Waals surface area (Å²) in [4.78, 5) is 30.4. The third-order valence-electron chi connectivity index (χ3n) is 5.63. The van der Waals surface area contributed by atoms with Gasteiger partial charge in [0.15, 0.2) is 5.78 Å². The van der Waals surface area contributed by atoms with Gasteiger partial charge in [0.1, 0.15) is 11.7 Å². The van der Waals surface area contributed by atoms with E-state index >= 15 is 0 Å². The summed E-state index contributed by atoms with van der Waals surface area (Å²) >= 11 is 0. The molecule has 3 aromatic rings. The van der Waals surface area contributed by atoms with Crippen LogP contribution in [-0.4, -0.2) is 29.0 Å². The van der Waals surface area contributed by atoms with Crippen LogP contribution in [0.2, 0.25) is 0 Å². The summed E-state index contributed by atoms with van der Waals surface area (Å²) < 4.78 is 57.8. The first-order chi connectivity index (χ1) is 17.0. The standard InChI is InChI=1S/C26H21F4N3O3/c1-15-23(21(34)13-16-6-5-7-17(12-16)26(2,29)30)24(35)33(32-15)18-9-10-22(36-25(27)28)19(14-18)20-8-3-4-11-31-20/h3-12,14,23,25H,13H2,1-2H3. The topological polar surface area (TPSA) is 71.9 Å². The normalized spacial score (nSPS) is 15.9. The monoisotopic (exact) mass is 499 g/mol. The van der Waals surface area contributed by atoms with Crippen LogP contribution >= 0.6 is 0 Å². The van der Waals surface area contributed by atoms with Crippen molar-refractivity contribution in [2.45, 2.75) is 32.8 Å². The second kappa shape index (κ2) is 9.88. The van der Waals surface area contributed by atoms with Crippen molar-refractivity contribution in [3.63, 3.8) is 0 Å². The molecule has 0 N–H and O–H groups in total. The third-order valence-corrected chi connectivity index (χ3v) is 5.63. The fraction of sp³-hybridized carbons (Fsp3) is 0.231. The van der Waals surface area contributed by atoms with Gasteiger partial charge < -0.3 is 4.74 Å². The average Bonchev–Trinajstić information content (AvgIpc) is 3.13. The number of aromatic nitrogens is 1. The smallest absolute Gasteiger partial charge is 0.387 e. The second-order valence-electron chi connectivity index (χ2n) is 8.33. The number of anilines is 1. The van der Waals surface area contributed by atoms with Crippen molar-refractivity contribution >= 4 is 23.1 Å². The molecule has 0 aliphatic carbocycles. The number of amides is 1. The molecular formula is C26H21F4N3O3. The predicted molar refractivity (Wildman–Crippen MR) is 125 cm³/mol. The number of carbonyl (C=O) groups excluding carboxylic acids is 2. The maximum absolute atomic E-state index is 13.7. The van der Waals surface area contributed by atoms with Crippen LogP contribution in [0, 0.1) is 5.92 Å². The summed E-state index contributed by atoms with van der Waals surface area (Å²) in [6.07, 6.45) is 1.25. The summed E-state index contributed by atoms with van der Waals surface area (Å²) in [5.74, 6) is -5.54. The molecule has 1 aliphatic heterocycles. The molecule has 4 rings (SSSR count). The average molecular weight is 499 g/mol. The van der Waals surface area contributed by atoms with Crippen LogP contribution in [0.15, 0.2) is 72.0 Å². The molecule has 1 unspecified atom stereocenters. The van der Waals surface area contributed by atoms with E-state index in [0.717, 1.165) is 11.9 Å². The zero-order chi connectivity index (χ0) is 26.0. The molecular weight excluding hydrogens is 478 g/mol. The number of Topliss-reactive ketones (excluding diaryl/α,β-unsaturated/α-hetero) is 1. The first-order valence-corrected chi connectivity index (χ1v) is 10.9. The van der Waals surface area contributed by atoms with Gasteiger partial charge in [-0.15, -0.1) is 0 Å². The number of hydrogen-bond acceptors (Lipinski definition) is 5. The van der Waals surface area contributed by atoms with E-state index in [4.69, 9.17) is 0 Å². The molecule has 1 aromatic heterocycles. The molecule has 1 amide bonds. The maximum atomic E-state index is 13.7. The number of hydrogen-bond donors (Lipinski definition) is 0. The first-order valence-electron chi connectivity index (χ1n) is 10.9. The molecule has 0 fully saturated rings. The van der Waals surface area contributed by atoms with Gasteiger partial charge in [0.2, 0.25) is 0 Å². The van der Waals surface area contributed by atoms with Crippen LogP contribution in [0.3, 0.4) is 0 Å². The Morgan fingerprint density at radius 2 is 1.89 bits per heavy atom. The van der Waals surface area contributed by atoms with E-state index in [-0.39, 0.29) is 34.7 Å². The van der Waals surface area contributed by atoms with Gasteiger partial charge in [0.05, 0.1) is 17.1 Å². The van der Waals surface area contributed by atoms with Gasteiger partial charge in [-0.1, -0.05) is 24.3 Å². The molecule has 0 saturated heterocycles. The first kappa shape index (κ1) is 25.0. The van der Waals surface area contributed by atoms with Crippen molar-refractivity contribution in [3.8, 4) is 17.0 Å². The lowest BCUT2D eigenvalue weighted by Gasteiger charge is -2.17. The molecule has 0 radical (unpaired) electrons. The van der Waals surface area contributed by atoms with Crippen molar-refractivity contribution in [3.05, 3.63) is 78.0 Å². The van der Waals surface area contributed by atoms with Gasteiger partial charge in [-0.25, -0.2) is 8.78 Å². The Hall–Kier alpha value is -4.08. The largest absolute Gasteiger partial charge is 0.434 e. The third kappa shape index (κ3) is 5.27. The number of alkyl halides is 4. The van der Waals surface area contributed by atoms with Gasteiger partial charge in [0.25, 0.3) is 11.8 Å². The van der Waals surface area contributed by atoms with E-state index in [9.17, 15) is 27.2 Å². The number of benzene rings is 2. The highest BCUT2D eigenvalue weighted by Gasteiger charge is 2.39. The van der Waals surface area contributed by atoms with Gasteiger partial charge in [-0.05, 0) is 48.9 Å². The fourth-order valence-electron chi connectivity index (χ4n) is 3.95. The predicted octanol–water partition coefficient (Wildman–Crippen LogP) is 5.61. The molecule has 0 bridgehead atoms. The summed E-state index contributed by atoms with van der Waals surface area (Å²) in [5, 5.41) is 5.24. The van der Waals surface area contributed by atoms with Gasteiger partial charge in [0, 0.05) is 30.7 Å². The Morgan fingerprint density at radius 3 is 2.56 bits per heavy atom. The van der Waals surface area contributed by atoms with E-state index in [0.29, 0.717) is 11.3 Å². The summed E-state index contributed by atoms with van der Waals surface area (Å²) in [6.45, 7) is -0.787. The zero-order valence-corrected chi connectivity index (χ0v) is 19.3. The Balaban J connectivity index is 1.60. The summed E-state index contributed by atoms with van der Waals surface area (Å²) in [6, 6.07) is 14.5. The maximum Gasteiger partial charge on any atom is 0.387 e. The quantitative estimate of drug-likeness (QED) is 0.298. The minimum atomic E-state index is -3.07. The number of carbonyl (C=O) groups is 2. The van der Waals surface area contributed by atoms with E-state index in [2.05, 4.69) is 14.8 Å². The van der Waals surface area contributed by atoms with Crippen molar-refractivity contribution in [1.82, 2.24) is 4.98 Å². The highest BCUT2D eigenvalue weighted by molar-refractivity contribution is 6.27. The van der Waals surface area contributed by atoms with Crippen molar-refractivity contribution in [2.75, 3.05) is 5.01 Å². The van der Waals surface area contributed by atoms with Crippen LogP contribution in [0.25, 0.3) is 11.3 Å². The van der Waals surface area contributed by atoms with Crippen molar-refractivity contribution < 1.29 is 31.9 Å². The molecule has 0 spiro atoms. The number of ether oxygens (including phenoxy) is 1. The minimum Gasteiger partial charge on any atom is -0.434 e. The van der Waals surface area contributed by atoms with Gasteiger partial charge in [-0.3, -0.25) is 14.6 Å². The molecule has 0 saturated carbocycles. The molecule has 1 aliphatic rings. The Morgan fingerprint density at radius 1 is 1.11 bits per heavy atom. The van der Waals surface area contributed by atoms with E-state index < -0.39 is 30.1 Å². The number of pyridine rings is 1. The SMILES string of the molecule is CC1=NN(c2ccc(OC(F)F)c(-c3ccccn3)c2)C(=O)C1C(=O)Cc1cccc(C(C)(F)F)c1. The van der Waals surface area contributed by atoms with Crippen molar-refractivity contribution in [1.29, 1.82) is 0 Å². The Bertz CT molecular complexity index is 1320. The minimum absolute atomic E-state index is 0.139. The van der Waals surface area contributed by atoms with Crippen LogP contribution < -0.4 is 9.75 Å². The van der Waals surface area contributed by atoms with E-state index in [1.807, 2.05) is 0 Å². The molecule has 36 heavy (non-hydrogen) atoms. The number of rotatable bonds is 8. The number of ketones is 1. The molecule has 6 nitrogen and oxygen atoms in total. The lowest BCUT2D eigenvalue weighted by atomic mass is 9.93. The number of halogens is 4. The van der Waals surface area contributed by atoms with Crippen LogP contribution in [0.4, 0.5) is 23.2 Å². The Kier molecular flexibility index (Phi) is 6.87. The highest BCUT2D eigenvalue weighted by Crippen LogP contribution is 2.36. The van der Waals surface area contributed by atoms with Crippen molar-refractivity contribution in [2.24, 2.45) is 11.0 Å². The number of hydrazone groups is 1. The highest BCUT2D eigenvalue weighted by atomic mass is 19.3. The zero-order valence-electron chi connectivity index (χ0n) is 19.3. The van der Waals surface area contributed by atoms with E-state index in [1.165, 1.54) is 55.6 Å². The fourth-order valence-corrected chi connectivity index (χ4v) is 3.95. The molecule has 186 valence electrons. The van der Waals surface area contributed by atoms with Gasteiger partial charge >= 0.3 is 6.61 Å². The van der Waals surface area contributed by atoms with Crippen LogP contribution in [-0.2, 0) is 21.9 Å². The molecule has 2 aromatic carbocycles. The summed E-state index contributed by atoms with van der Waals surface area (Å²) in [7, 11) is 0. The number of nitrogens with zero attached hydrogens (tertiary/aromatic N) is 3. The van der Waals surface area contributed by atoms with Gasteiger partial charge in [-0.2, -0.15) is 18.9 Å². The summed E-state index contributed by atoms with van der Waals surface area (Å²) in [5.41, 5.74) is 1.12. The lowest BCUT2D eigenvalue weighted by Crippen LogP contribution is -2.33. The molecule has 1 atom stereocenters. The molecule has 10 heteroatoms. The van der Waals surface area contributed by atoms with E-state index in [1.54, 1.807) is 18.2 Å². The molecule has 2 heterocycles.